The maximum Gasteiger partial charge on any atom is 0.420 e. The molecule has 0 aromatic carbocycles. The highest BCUT2D eigenvalue weighted by Crippen LogP contribution is 2.38. The number of pyridine rings is 1. The van der Waals surface area contributed by atoms with Crippen molar-refractivity contribution in [2.45, 2.75) is 33.1 Å². The van der Waals surface area contributed by atoms with Crippen LogP contribution in [0.4, 0.5) is 19.0 Å². The predicted molar refractivity (Wildman–Crippen MR) is 64.3 cm³/mol. The molecule has 0 aliphatic rings. The molecule has 0 aliphatic carbocycles. The lowest BCUT2D eigenvalue weighted by Crippen LogP contribution is -2.17. The minimum Gasteiger partial charge on any atom is -0.474 e. The van der Waals surface area contributed by atoms with Crippen LogP contribution in [0.25, 0.3) is 0 Å². The van der Waals surface area contributed by atoms with Crippen LogP contribution < -0.4 is 10.1 Å². The van der Waals surface area contributed by atoms with Crippen LogP contribution in [0.5, 0.6) is 5.88 Å². The van der Waals surface area contributed by atoms with Crippen molar-refractivity contribution >= 4 is 23.3 Å². The molecule has 1 aromatic heterocycles. The Balaban J connectivity index is 3.32. The van der Waals surface area contributed by atoms with Crippen molar-refractivity contribution in [3.8, 4) is 5.88 Å². The third-order valence-electron chi connectivity index (χ3n) is 1.89. The Morgan fingerprint density at radius 3 is 2.47 bits per heavy atom. The molecule has 106 valence electrons. The number of amides is 1. The highest BCUT2D eigenvalue weighted by Gasteiger charge is 2.36. The zero-order valence-corrected chi connectivity index (χ0v) is 11.2. The zero-order valence-electron chi connectivity index (χ0n) is 10.4. The lowest BCUT2D eigenvalue weighted by molar-refractivity contribution is -0.137. The number of aromatic nitrogens is 1. The number of halogens is 4. The van der Waals surface area contributed by atoms with Crippen LogP contribution in [0, 0.1) is 0 Å². The minimum atomic E-state index is -4.68. The van der Waals surface area contributed by atoms with Gasteiger partial charge in [0.25, 0.3) is 0 Å². The van der Waals surface area contributed by atoms with Crippen molar-refractivity contribution in [2.75, 3.05) is 5.32 Å². The molecular weight excluding hydrogens is 285 g/mol. The van der Waals surface area contributed by atoms with Gasteiger partial charge in [0, 0.05) is 6.92 Å². The van der Waals surface area contributed by atoms with Crippen molar-refractivity contribution in [3.05, 3.63) is 16.7 Å². The average molecular weight is 297 g/mol. The summed E-state index contributed by atoms with van der Waals surface area (Å²) in [6.45, 7) is 4.43. The summed E-state index contributed by atoms with van der Waals surface area (Å²) in [7, 11) is 0. The largest absolute Gasteiger partial charge is 0.474 e. The molecule has 0 saturated heterocycles. The lowest BCUT2D eigenvalue weighted by atomic mass is 10.2. The molecule has 0 bridgehead atoms. The Morgan fingerprint density at radius 1 is 1.47 bits per heavy atom. The summed E-state index contributed by atoms with van der Waals surface area (Å²) in [6, 6.07) is 0.678. The molecule has 1 amide bonds. The van der Waals surface area contributed by atoms with Crippen LogP contribution in [0.1, 0.15) is 26.3 Å². The first-order valence-electron chi connectivity index (χ1n) is 5.33. The Hall–Kier alpha value is -1.50. The van der Waals surface area contributed by atoms with Gasteiger partial charge in [-0.1, -0.05) is 11.6 Å². The molecule has 0 unspecified atom stereocenters. The maximum absolute atomic E-state index is 12.8. The molecule has 19 heavy (non-hydrogen) atoms. The van der Waals surface area contributed by atoms with E-state index in [4.69, 9.17) is 16.3 Å². The van der Waals surface area contributed by atoms with Gasteiger partial charge in [0.2, 0.25) is 11.8 Å². The SMILES string of the molecule is CC(=O)Nc1nc(OC(C)C)c(Cl)cc1C(F)(F)F. The summed E-state index contributed by atoms with van der Waals surface area (Å²) in [6.07, 6.45) is -4.99. The third kappa shape index (κ3) is 4.27. The second-order valence-electron chi connectivity index (χ2n) is 4.02. The summed E-state index contributed by atoms with van der Waals surface area (Å²) in [5, 5.41) is 1.74. The van der Waals surface area contributed by atoms with Gasteiger partial charge in [-0.05, 0) is 19.9 Å². The first kappa shape index (κ1) is 15.6. The van der Waals surface area contributed by atoms with E-state index in [1.54, 1.807) is 13.8 Å². The number of ether oxygens (including phenoxy) is 1. The molecule has 1 rings (SSSR count). The van der Waals surface area contributed by atoms with Gasteiger partial charge in [-0.25, -0.2) is 0 Å². The first-order chi connectivity index (χ1) is 8.61. The van der Waals surface area contributed by atoms with E-state index in [-0.39, 0.29) is 17.0 Å². The van der Waals surface area contributed by atoms with Crippen LogP contribution in [-0.4, -0.2) is 17.0 Å². The fourth-order valence-electron chi connectivity index (χ4n) is 1.26. The molecular formula is C11H12ClF3N2O2. The van der Waals surface area contributed by atoms with Crippen molar-refractivity contribution in [1.29, 1.82) is 0 Å². The normalized spacial score (nSPS) is 11.6. The maximum atomic E-state index is 12.8. The van der Waals surface area contributed by atoms with E-state index < -0.39 is 23.5 Å². The molecule has 0 fully saturated rings. The molecule has 4 nitrogen and oxygen atoms in total. The van der Waals surface area contributed by atoms with Crippen molar-refractivity contribution in [2.24, 2.45) is 0 Å². The quantitative estimate of drug-likeness (QED) is 0.929. The van der Waals surface area contributed by atoms with E-state index in [1.807, 2.05) is 5.32 Å². The number of nitrogens with zero attached hydrogens (tertiary/aromatic N) is 1. The van der Waals surface area contributed by atoms with E-state index >= 15 is 0 Å². The molecule has 0 atom stereocenters. The van der Waals surface area contributed by atoms with E-state index in [9.17, 15) is 18.0 Å². The molecule has 0 aliphatic heterocycles. The Morgan fingerprint density at radius 2 is 2.05 bits per heavy atom. The molecule has 1 heterocycles. The van der Waals surface area contributed by atoms with Crippen LogP contribution in [-0.2, 0) is 11.0 Å². The molecule has 0 spiro atoms. The van der Waals surface area contributed by atoms with Crippen molar-refractivity contribution in [3.63, 3.8) is 0 Å². The van der Waals surface area contributed by atoms with Gasteiger partial charge < -0.3 is 10.1 Å². The van der Waals surface area contributed by atoms with E-state index in [0.29, 0.717) is 6.07 Å². The van der Waals surface area contributed by atoms with Gasteiger partial charge in [-0.15, -0.1) is 0 Å². The Bertz CT molecular complexity index is 490. The number of nitrogens with one attached hydrogen (secondary N) is 1. The van der Waals surface area contributed by atoms with Gasteiger partial charge in [0.1, 0.15) is 16.4 Å². The second-order valence-corrected chi connectivity index (χ2v) is 4.42. The standard InChI is InChI=1S/C11H12ClF3N2O2/c1-5(2)19-10-8(12)4-7(11(13,14)15)9(17-10)16-6(3)18/h4-5H,1-3H3,(H,16,17,18). The van der Waals surface area contributed by atoms with Gasteiger partial charge in [0.15, 0.2) is 0 Å². The third-order valence-corrected chi connectivity index (χ3v) is 2.16. The molecule has 1 N–H and O–H groups in total. The number of carbonyl (C=O) groups excluding carboxylic acids is 1. The fourth-order valence-corrected chi connectivity index (χ4v) is 1.45. The monoisotopic (exact) mass is 296 g/mol. The van der Waals surface area contributed by atoms with Crippen LogP contribution in [0.2, 0.25) is 5.02 Å². The van der Waals surface area contributed by atoms with Gasteiger partial charge >= 0.3 is 6.18 Å². The van der Waals surface area contributed by atoms with Crippen molar-refractivity contribution < 1.29 is 22.7 Å². The smallest absolute Gasteiger partial charge is 0.420 e. The summed E-state index contributed by atoms with van der Waals surface area (Å²) in [5.41, 5.74) is -1.12. The number of alkyl halides is 3. The molecule has 0 radical (unpaired) electrons. The van der Waals surface area contributed by atoms with Crippen molar-refractivity contribution in [1.82, 2.24) is 4.98 Å². The molecule has 1 aromatic rings. The summed E-state index contributed by atoms with van der Waals surface area (Å²) >= 11 is 5.69. The van der Waals surface area contributed by atoms with Crippen LogP contribution >= 0.6 is 11.6 Å². The number of rotatable bonds is 3. The average Bonchev–Trinajstić information content (AvgIpc) is 2.19. The van der Waals surface area contributed by atoms with Gasteiger partial charge in [-0.3, -0.25) is 4.79 Å². The number of hydrogen-bond donors (Lipinski definition) is 1. The van der Waals surface area contributed by atoms with E-state index in [0.717, 1.165) is 6.92 Å². The summed E-state index contributed by atoms with van der Waals surface area (Å²) in [5.74, 6) is -1.45. The second kappa shape index (κ2) is 5.64. The molecule has 0 saturated carbocycles. The van der Waals surface area contributed by atoms with Gasteiger partial charge in [-0.2, -0.15) is 18.2 Å². The Labute approximate surface area is 112 Å². The highest BCUT2D eigenvalue weighted by molar-refractivity contribution is 6.32. The van der Waals surface area contributed by atoms with Crippen LogP contribution in [0.15, 0.2) is 6.07 Å². The molecule has 8 heteroatoms. The number of hydrogen-bond acceptors (Lipinski definition) is 3. The van der Waals surface area contributed by atoms with Gasteiger partial charge in [0.05, 0.1) is 6.10 Å². The van der Waals surface area contributed by atoms with Crippen LogP contribution in [0.3, 0.4) is 0 Å². The van der Waals surface area contributed by atoms with E-state index in [1.165, 1.54) is 0 Å². The zero-order chi connectivity index (χ0) is 14.8. The van der Waals surface area contributed by atoms with E-state index in [2.05, 4.69) is 4.98 Å². The Kier molecular flexibility index (Phi) is 4.62. The number of carbonyl (C=O) groups is 1. The minimum absolute atomic E-state index is 0.159. The summed E-state index contributed by atoms with van der Waals surface area (Å²) < 4.78 is 43.5. The lowest BCUT2D eigenvalue weighted by Gasteiger charge is -2.16. The topological polar surface area (TPSA) is 51.2 Å². The highest BCUT2D eigenvalue weighted by atomic mass is 35.5. The number of anilines is 1. The fraction of sp³-hybridized carbons (Fsp3) is 0.455. The summed E-state index contributed by atoms with van der Waals surface area (Å²) in [4.78, 5) is 14.5. The first-order valence-corrected chi connectivity index (χ1v) is 5.71. The predicted octanol–water partition coefficient (Wildman–Crippen LogP) is 3.50.